The lowest BCUT2D eigenvalue weighted by Gasteiger charge is -2.58. The summed E-state index contributed by atoms with van der Waals surface area (Å²) in [5, 5.41) is 12.1. The summed E-state index contributed by atoms with van der Waals surface area (Å²) in [6.07, 6.45) is 1.99. The summed E-state index contributed by atoms with van der Waals surface area (Å²) >= 11 is 0. The largest absolute Gasteiger partial charge is 0.480 e. The highest BCUT2D eigenvalue weighted by atomic mass is 16.5. The number of carbonyl (C=O) groups excluding carboxylic acids is 1. The van der Waals surface area contributed by atoms with Gasteiger partial charge in [0.1, 0.15) is 11.1 Å². The number of nitrogens with one attached hydrogen (secondary N) is 1. The predicted molar refractivity (Wildman–Crippen MR) is 77.6 cm³/mol. The van der Waals surface area contributed by atoms with Crippen molar-refractivity contribution in [2.24, 2.45) is 17.1 Å². The predicted octanol–water partition coefficient (Wildman–Crippen LogP) is 0.888. The Hall–Kier alpha value is -1.14. The number of aliphatic carboxylic acids is 1. The summed E-state index contributed by atoms with van der Waals surface area (Å²) in [6, 6.07) is 0. The Balaban J connectivity index is 2.12. The lowest BCUT2D eigenvalue weighted by Crippen LogP contribution is -2.77. The molecule has 0 saturated heterocycles. The maximum Gasteiger partial charge on any atom is 0.329 e. The van der Waals surface area contributed by atoms with Gasteiger partial charge in [-0.05, 0) is 32.6 Å². The molecule has 4 N–H and O–H groups in total. The zero-order chi connectivity index (χ0) is 16.1. The maximum atomic E-state index is 12.6. The number of rotatable bonds is 6. The molecule has 2 saturated carbocycles. The fourth-order valence-electron chi connectivity index (χ4n) is 3.16. The molecule has 21 heavy (non-hydrogen) atoms. The summed E-state index contributed by atoms with van der Waals surface area (Å²) in [6.45, 7) is 7.83. The summed E-state index contributed by atoms with van der Waals surface area (Å²) in [5.74, 6) is -1.39. The number of carboxylic acid groups (broad SMARTS) is 1. The van der Waals surface area contributed by atoms with Crippen LogP contribution in [-0.2, 0) is 14.3 Å². The van der Waals surface area contributed by atoms with E-state index in [1.54, 1.807) is 6.92 Å². The van der Waals surface area contributed by atoms with Crippen LogP contribution in [0.25, 0.3) is 0 Å². The van der Waals surface area contributed by atoms with Crippen LogP contribution in [-0.4, -0.2) is 40.8 Å². The van der Waals surface area contributed by atoms with E-state index in [0.29, 0.717) is 13.0 Å². The third kappa shape index (κ3) is 2.34. The second kappa shape index (κ2) is 4.95. The van der Waals surface area contributed by atoms with E-state index in [9.17, 15) is 14.7 Å². The van der Waals surface area contributed by atoms with E-state index in [1.807, 2.05) is 20.8 Å². The monoisotopic (exact) mass is 298 g/mol. The van der Waals surface area contributed by atoms with Crippen LogP contribution in [0, 0.1) is 11.3 Å². The van der Waals surface area contributed by atoms with Crippen molar-refractivity contribution < 1.29 is 19.4 Å². The van der Waals surface area contributed by atoms with Gasteiger partial charge in [0.05, 0.1) is 6.10 Å². The van der Waals surface area contributed by atoms with E-state index in [1.165, 1.54) is 0 Å². The molecule has 6 heteroatoms. The average molecular weight is 298 g/mol. The molecular formula is C15H26N2O4. The van der Waals surface area contributed by atoms with E-state index >= 15 is 0 Å². The molecule has 2 aliphatic carbocycles. The highest BCUT2D eigenvalue weighted by Crippen LogP contribution is 2.50. The van der Waals surface area contributed by atoms with E-state index in [4.69, 9.17) is 10.5 Å². The Kier molecular flexibility index (Phi) is 3.83. The molecule has 3 unspecified atom stereocenters. The van der Waals surface area contributed by atoms with Gasteiger partial charge in [-0.1, -0.05) is 13.8 Å². The van der Waals surface area contributed by atoms with Crippen molar-refractivity contribution in [2.75, 3.05) is 6.61 Å². The van der Waals surface area contributed by atoms with Crippen LogP contribution in [0.1, 0.15) is 47.0 Å². The average Bonchev–Trinajstić information content (AvgIpc) is 3.22. The van der Waals surface area contributed by atoms with E-state index in [0.717, 1.165) is 12.8 Å². The first-order valence-corrected chi connectivity index (χ1v) is 7.56. The zero-order valence-electron chi connectivity index (χ0n) is 13.2. The number of hydrogen-bond acceptors (Lipinski definition) is 4. The molecule has 120 valence electrons. The zero-order valence-corrected chi connectivity index (χ0v) is 13.2. The molecule has 2 aliphatic rings. The lowest BCUT2D eigenvalue weighted by molar-refractivity contribution is -0.174. The number of nitrogens with two attached hydrogens (primary N) is 1. The first kappa shape index (κ1) is 16.2. The highest BCUT2D eigenvalue weighted by Gasteiger charge is 2.64. The van der Waals surface area contributed by atoms with Gasteiger partial charge in [0.25, 0.3) is 0 Å². The van der Waals surface area contributed by atoms with Gasteiger partial charge in [0.2, 0.25) is 5.91 Å². The first-order valence-electron chi connectivity index (χ1n) is 7.56. The fourth-order valence-corrected chi connectivity index (χ4v) is 3.16. The molecule has 2 rings (SSSR count). The molecule has 2 fully saturated rings. The molecule has 0 bridgehead atoms. The van der Waals surface area contributed by atoms with Gasteiger partial charge in [-0.2, -0.15) is 0 Å². The van der Waals surface area contributed by atoms with Crippen molar-refractivity contribution in [3.05, 3.63) is 0 Å². The van der Waals surface area contributed by atoms with Gasteiger partial charge in [-0.15, -0.1) is 0 Å². The molecule has 6 nitrogen and oxygen atoms in total. The molecule has 0 aromatic heterocycles. The van der Waals surface area contributed by atoms with Crippen LogP contribution in [0.5, 0.6) is 0 Å². The molecule has 0 aromatic carbocycles. The smallest absolute Gasteiger partial charge is 0.329 e. The molecule has 1 amide bonds. The topological polar surface area (TPSA) is 102 Å². The van der Waals surface area contributed by atoms with Crippen molar-refractivity contribution in [3.63, 3.8) is 0 Å². The van der Waals surface area contributed by atoms with E-state index < -0.39 is 22.5 Å². The summed E-state index contributed by atoms with van der Waals surface area (Å²) in [7, 11) is 0. The normalized spacial score (nSPS) is 33.7. The molecule has 0 spiro atoms. The molecule has 0 radical (unpaired) electrons. The summed E-state index contributed by atoms with van der Waals surface area (Å²) in [5.41, 5.74) is 3.46. The molecule has 0 aliphatic heterocycles. The van der Waals surface area contributed by atoms with Crippen LogP contribution in [0.15, 0.2) is 0 Å². The number of ether oxygens (including phenoxy) is 1. The Morgan fingerprint density at radius 2 is 2.00 bits per heavy atom. The van der Waals surface area contributed by atoms with Gasteiger partial charge in [0.15, 0.2) is 0 Å². The minimum Gasteiger partial charge on any atom is -0.480 e. The highest BCUT2D eigenvalue weighted by molar-refractivity contribution is 5.94. The Bertz CT molecular complexity index is 461. The third-order valence-corrected chi connectivity index (χ3v) is 5.45. The number of carboxylic acids is 1. The van der Waals surface area contributed by atoms with E-state index in [2.05, 4.69) is 5.32 Å². The summed E-state index contributed by atoms with van der Waals surface area (Å²) < 4.78 is 5.60. The minimum atomic E-state index is -1.23. The van der Waals surface area contributed by atoms with Crippen LogP contribution in [0.2, 0.25) is 0 Å². The van der Waals surface area contributed by atoms with Gasteiger partial charge >= 0.3 is 5.97 Å². The van der Waals surface area contributed by atoms with Crippen LogP contribution >= 0.6 is 0 Å². The van der Waals surface area contributed by atoms with Crippen LogP contribution < -0.4 is 11.1 Å². The quantitative estimate of drug-likeness (QED) is 0.676. The molecule has 0 heterocycles. The van der Waals surface area contributed by atoms with Gasteiger partial charge in [0, 0.05) is 18.4 Å². The third-order valence-electron chi connectivity index (χ3n) is 5.45. The minimum absolute atomic E-state index is 0.00609. The van der Waals surface area contributed by atoms with Crippen molar-refractivity contribution >= 4 is 11.9 Å². The standard InChI is InChI=1S/C15H26N2O4/c1-5-21-10-8-15(16,13(10,2)3)11(18)17-14(4,12(19)20)9-6-7-9/h9-10H,5-8,16H2,1-4H3,(H,17,18)(H,19,20). The SMILES string of the molecule is CCOC1CC(N)(C(=O)NC(C)(C(=O)O)C2CC2)C1(C)C. The van der Waals surface area contributed by atoms with Gasteiger partial charge < -0.3 is 20.9 Å². The fraction of sp³-hybridized carbons (Fsp3) is 0.867. The van der Waals surface area contributed by atoms with Crippen molar-refractivity contribution in [1.82, 2.24) is 5.32 Å². The Morgan fingerprint density at radius 1 is 1.43 bits per heavy atom. The van der Waals surface area contributed by atoms with Crippen molar-refractivity contribution in [3.8, 4) is 0 Å². The number of carbonyl (C=O) groups is 2. The number of hydrogen-bond donors (Lipinski definition) is 3. The molecule has 3 atom stereocenters. The van der Waals surface area contributed by atoms with Gasteiger partial charge in [-0.25, -0.2) is 4.79 Å². The lowest BCUT2D eigenvalue weighted by atomic mass is 9.54. The second-order valence-corrected chi connectivity index (χ2v) is 7.08. The second-order valence-electron chi connectivity index (χ2n) is 7.08. The van der Waals surface area contributed by atoms with Crippen molar-refractivity contribution in [1.29, 1.82) is 0 Å². The number of amides is 1. The van der Waals surface area contributed by atoms with Gasteiger partial charge in [-0.3, -0.25) is 4.79 Å². The molecular weight excluding hydrogens is 272 g/mol. The van der Waals surface area contributed by atoms with Crippen LogP contribution in [0.3, 0.4) is 0 Å². The summed E-state index contributed by atoms with van der Waals surface area (Å²) in [4.78, 5) is 24.1. The Morgan fingerprint density at radius 3 is 2.38 bits per heavy atom. The van der Waals surface area contributed by atoms with Crippen molar-refractivity contribution in [2.45, 2.75) is 64.1 Å². The Labute approximate surface area is 125 Å². The maximum absolute atomic E-state index is 12.6. The van der Waals surface area contributed by atoms with Crippen LogP contribution in [0.4, 0.5) is 0 Å². The molecule has 0 aromatic rings. The first-order chi connectivity index (χ1) is 9.59. The van der Waals surface area contributed by atoms with E-state index in [-0.39, 0.29) is 17.9 Å².